The Morgan fingerprint density at radius 3 is 1.29 bits per heavy atom. The SMILES string of the molecule is CCC(c1cc(N)c(O)c(N)c1)c1cc(N)c(O)c(N)c1. The highest BCUT2D eigenvalue weighted by Gasteiger charge is 2.17. The molecule has 112 valence electrons. The number of nitrogen functional groups attached to an aromatic ring is 4. The van der Waals surface area contributed by atoms with Crippen LogP contribution in [0, 0.1) is 0 Å². The van der Waals surface area contributed by atoms with Crippen LogP contribution in [0.1, 0.15) is 30.4 Å². The van der Waals surface area contributed by atoms with Gasteiger partial charge in [0.25, 0.3) is 0 Å². The van der Waals surface area contributed by atoms with E-state index >= 15 is 0 Å². The maximum Gasteiger partial charge on any atom is 0.161 e. The summed E-state index contributed by atoms with van der Waals surface area (Å²) >= 11 is 0. The Labute approximate surface area is 123 Å². The minimum absolute atomic E-state index is 0.0413. The van der Waals surface area contributed by atoms with Gasteiger partial charge in [0.1, 0.15) is 0 Å². The molecule has 10 N–H and O–H groups in total. The molecule has 0 atom stereocenters. The summed E-state index contributed by atoms with van der Waals surface area (Å²) in [5.74, 6) is -0.267. The molecule has 2 aromatic carbocycles. The lowest BCUT2D eigenvalue weighted by atomic mass is 9.87. The predicted octanol–water partition coefficient (Wildman–Crippen LogP) is 1.97. The molecule has 6 nitrogen and oxygen atoms in total. The molecule has 0 aromatic heterocycles. The third kappa shape index (κ3) is 2.60. The number of anilines is 4. The van der Waals surface area contributed by atoms with Crippen molar-refractivity contribution < 1.29 is 10.2 Å². The van der Waals surface area contributed by atoms with Gasteiger partial charge in [0.2, 0.25) is 0 Å². The molecular weight excluding hydrogens is 268 g/mol. The Hall–Kier alpha value is -2.76. The fraction of sp³-hybridized carbons (Fsp3) is 0.200. The van der Waals surface area contributed by atoms with Gasteiger partial charge < -0.3 is 33.1 Å². The van der Waals surface area contributed by atoms with Crippen molar-refractivity contribution in [2.24, 2.45) is 0 Å². The molecule has 0 fully saturated rings. The van der Waals surface area contributed by atoms with Crippen molar-refractivity contribution in [3.8, 4) is 11.5 Å². The van der Waals surface area contributed by atoms with Crippen molar-refractivity contribution in [1.29, 1.82) is 0 Å². The number of aromatic hydroxyl groups is 2. The van der Waals surface area contributed by atoms with Gasteiger partial charge in [-0.15, -0.1) is 0 Å². The van der Waals surface area contributed by atoms with Gasteiger partial charge in [0, 0.05) is 5.92 Å². The van der Waals surface area contributed by atoms with E-state index in [0.29, 0.717) is 0 Å². The Morgan fingerprint density at radius 2 is 1.05 bits per heavy atom. The van der Waals surface area contributed by atoms with Crippen molar-refractivity contribution in [3.63, 3.8) is 0 Å². The van der Waals surface area contributed by atoms with E-state index in [4.69, 9.17) is 22.9 Å². The Balaban J connectivity index is 2.54. The summed E-state index contributed by atoms with van der Waals surface area (Å²) in [5.41, 5.74) is 25.6. The average Bonchev–Trinajstić information content (AvgIpc) is 2.42. The highest BCUT2D eigenvalue weighted by Crippen LogP contribution is 2.39. The monoisotopic (exact) mass is 288 g/mol. The summed E-state index contributed by atoms with van der Waals surface area (Å²) < 4.78 is 0. The third-order valence-electron chi connectivity index (χ3n) is 3.60. The first kappa shape index (κ1) is 14.6. The lowest BCUT2D eigenvalue weighted by molar-refractivity contribution is 0.480. The fourth-order valence-electron chi connectivity index (χ4n) is 2.47. The van der Waals surface area contributed by atoms with E-state index in [0.717, 1.165) is 17.5 Å². The molecule has 0 saturated heterocycles. The normalized spacial score (nSPS) is 11.0. The van der Waals surface area contributed by atoms with Crippen LogP contribution in [0.5, 0.6) is 11.5 Å². The second-order valence-corrected chi connectivity index (χ2v) is 5.06. The largest absolute Gasteiger partial charge is 0.504 e. The molecule has 0 aliphatic heterocycles. The van der Waals surface area contributed by atoms with Crippen LogP contribution in [-0.4, -0.2) is 10.2 Å². The average molecular weight is 288 g/mol. The summed E-state index contributed by atoms with van der Waals surface area (Å²) in [5, 5.41) is 19.3. The van der Waals surface area contributed by atoms with Crippen LogP contribution < -0.4 is 22.9 Å². The molecule has 0 amide bonds. The van der Waals surface area contributed by atoms with Crippen LogP contribution in [0.25, 0.3) is 0 Å². The number of hydrogen-bond acceptors (Lipinski definition) is 6. The molecule has 0 aliphatic carbocycles. The highest BCUT2D eigenvalue weighted by molar-refractivity contribution is 5.71. The van der Waals surface area contributed by atoms with Crippen molar-refractivity contribution >= 4 is 22.7 Å². The zero-order chi connectivity index (χ0) is 15.7. The first-order valence-corrected chi connectivity index (χ1v) is 6.60. The van der Waals surface area contributed by atoms with Gasteiger partial charge in [-0.05, 0) is 41.8 Å². The lowest BCUT2D eigenvalue weighted by Gasteiger charge is -2.19. The van der Waals surface area contributed by atoms with Gasteiger partial charge in [-0.1, -0.05) is 6.92 Å². The zero-order valence-electron chi connectivity index (χ0n) is 11.8. The first-order chi connectivity index (χ1) is 9.85. The molecule has 6 heteroatoms. The topological polar surface area (TPSA) is 145 Å². The standard InChI is InChI=1S/C15H20N4O2/c1-2-9(7-3-10(16)14(20)11(17)4-7)8-5-12(18)15(21)13(19)6-8/h3-6,9,20-21H,2,16-19H2,1H3. The summed E-state index contributed by atoms with van der Waals surface area (Å²) in [6, 6.07) is 6.72. The molecule has 0 bridgehead atoms. The molecule has 0 heterocycles. The fourth-order valence-corrected chi connectivity index (χ4v) is 2.47. The molecule has 2 rings (SSSR count). The van der Waals surface area contributed by atoms with Gasteiger partial charge in [0.15, 0.2) is 11.5 Å². The third-order valence-corrected chi connectivity index (χ3v) is 3.60. The van der Waals surface area contributed by atoms with Crippen LogP contribution in [0.3, 0.4) is 0 Å². The minimum Gasteiger partial charge on any atom is -0.504 e. The van der Waals surface area contributed by atoms with Crippen molar-refractivity contribution in [2.45, 2.75) is 19.3 Å². The van der Waals surface area contributed by atoms with E-state index < -0.39 is 0 Å². The van der Waals surface area contributed by atoms with Crippen LogP contribution >= 0.6 is 0 Å². The number of nitrogens with two attached hydrogens (primary N) is 4. The van der Waals surface area contributed by atoms with Crippen LogP contribution in [-0.2, 0) is 0 Å². The van der Waals surface area contributed by atoms with Gasteiger partial charge >= 0.3 is 0 Å². The summed E-state index contributed by atoms with van der Waals surface area (Å²) in [4.78, 5) is 0. The quantitative estimate of drug-likeness (QED) is 0.376. The summed E-state index contributed by atoms with van der Waals surface area (Å²) in [6.07, 6.45) is 0.757. The van der Waals surface area contributed by atoms with Gasteiger partial charge in [-0.25, -0.2) is 0 Å². The van der Waals surface area contributed by atoms with Crippen LogP contribution in [0.2, 0.25) is 0 Å². The molecule has 0 unspecified atom stereocenters. The van der Waals surface area contributed by atoms with E-state index in [1.165, 1.54) is 0 Å². The number of phenols is 2. The Bertz CT molecular complexity index is 582. The molecule has 0 spiro atoms. The minimum atomic E-state index is -0.113. The van der Waals surface area contributed by atoms with Crippen molar-refractivity contribution in [2.75, 3.05) is 22.9 Å². The highest BCUT2D eigenvalue weighted by atomic mass is 16.3. The molecular formula is C15H20N4O2. The summed E-state index contributed by atoms with van der Waals surface area (Å²) in [7, 11) is 0. The first-order valence-electron chi connectivity index (χ1n) is 6.60. The predicted molar refractivity (Wildman–Crippen MR) is 86.0 cm³/mol. The van der Waals surface area contributed by atoms with E-state index in [1.807, 2.05) is 6.92 Å². The lowest BCUT2D eigenvalue weighted by Crippen LogP contribution is -2.05. The maximum atomic E-state index is 9.66. The Morgan fingerprint density at radius 1 is 0.762 bits per heavy atom. The van der Waals surface area contributed by atoms with Gasteiger partial charge in [-0.3, -0.25) is 0 Å². The van der Waals surface area contributed by atoms with Gasteiger partial charge in [-0.2, -0.15) is 0 Å². The number of benzene rings is 2. The van der Waals surface area contributed by atoms with E-state index in [2.05, 4.69) is 0 Å². The molecule has 0 radical (unpaired) electrons. The smallest absolute Gasteiger partial charge is 0.161 e. The second kappa shape index (κ2) is 5.32. The van der Waals surface area contributed by atoms with E-state index in [-0.39, 0.29) is 40.2 Å². The van der Waals surface area contributed by atoms with Crippen molar-refractivity contribution in [1.82, 2.24) is 0 Å². The maximum absolute atomic E-state index is 9.66. The number of phenolic OH excluding ortho intramolecular Hbond substituents is 2. The second-order valence-electron chi connectivity index (χ2n) is 5.06. The molecule has 2 aromatic rings. The zero-order valence-corrected chi connectivity index (χ0v) is 11.8. The van der Waals surface area contributed by atoms with Gasteiger partial charge in [0.05, 0.1) is 22.7 Å². The summed E-state index contributed by atoms with van der Waals surface area (Å²) in [6.45, 7) is 2.00. The van der Waals surface area contributed by atoms with E-state index in [1.54, 1.807) is 24.3 Å². The van der Waals surface area contributed by atoms with Crippen LogP contribution in [0.15, 0.2) is 24.3 Å². The molecule has 0 aliphatic rings. The van der Waals surface area contributed by atoms with E-state index in [9.17, 15) is 10.2 Å². The van der Waals surface area contributed by atoms with Crippen LogP contribution in [0.4, 0.5) is 22.7 Å². The number of hydrogen-bond donors (Lipinski definition) is 6. The number of rotatable bonds is 3. The molecule has 0 saturated carbocycles. The van der Waals surface area contributed by atoms with Crippen molar-refractivity contribution in [3.05, 3.63) is 35.4 Å². The Kier molecular flexibility index (Phi) is 3.71. The molecule has 21 heavy (non-hydrogen) atoms.